The lowest BCUT2D eigenvalue weighted by atomic mass is 10.0. The van der Waals surface area contributed by atoms with Crippen molar-refractivity contribution < 1.29 is 4.92 Å². The summed E-state index contributed by atoms with van der Waals surface area (Å²) in [6.45, 7) is 9.23. The third-order valence-corrected chi connectivity index (χ3v) is 5.92. The van der Waals surface area contributed by atoms with Crippen molar-refractivity contribution in [1.29, 1.82) is 0 Å². The zero-order valence-corrected chi connectivity index (χ0v) is 13.4. The quantitative estimate of drug-likeness (QED) is 0.462. The Bertz CT molecular complexity index is 479. The fourth-order valence-electron chi connectivity index (χ4n) is 3.25. The molecule has 104 valence electrons. The summed E-state index contributed by atoms with van der Waals surface area (Å²) in [6.07, 6.45) is 0.912. The topological polar surface area (TPSA) is 43.1 Å². The smallest absolute Gasteiger partial charge is 0.258 e. The summed E-state index contributed by atoms with van der Waals surface area (Å²) in [7, 11) is 0. The lowest BCUT2D eigenvalue weighted by Gasteiger charge is -2.12. The molecule has 1 unspecified atom stereocenters. The Hall–Kier alpha value is -0.900. The Labute approximate surface area is 122 Å². The van der Waals surface area contributed by atoms with E-state index in [4.69, 9.17) is 0 Å². The van der Waals surface area contributed by atoms with E-state index in [-0.39, 0.29) is 10.6 Å². The van der Waals surface area contributed by atoms with Crippen LogP contribution in [0.2, 0.25) is 0 Å². The summed E-state index contributed by atoms with van der Waals surface area (Å²) < 4.78 is 0. The van der Waals surface area contributed by atoms with Crippen molar-refractivity contribution in [3.63, 3.8) is 0 Å². The number of benzene rings is 1. The number of halogens is 1. The summed E-state index contributed by atoms with van der Waals surface area (Å²) in [4.78, 5) is 10.7. The van der Waals surface area contributed by atoms with Gasteiger partial charge in [-0.3, -0.25) is 10.1 Å². The Morgan fingerprint density at radius 2 is 1.68 bits per heavy atom. The van der Waals surface area contributed by atoms with Crippen LogP contribution in [-0.4, -0.2) is 9.75 Å². The van der Waals surface area contributed by atoms with Crippen LogP contribution in [0, 0.1) is 26.9 Å². The zero-order valence-electron chi connectivity index (χ0n) is 11.8. The molecule has 1 fully saturated rings. The first-order valence-electron chi connectivity index (χ1n) is 6.55. The van der Waals surface area contributed by atoms with Gasteiger partial charge < -0.3 is 0 Å². The monoisotopic (exact) mass is 325 g/mol. The third kappa shape index (κ3) is 2.42. The number of hydrogen-bond donors (Lipinski definition) is 0. The number of non-ortho nitro benzene ring substituents is 1. The van der Waals surface area contributed by atoms with E-state index in [0.29, 0.717) is 21.6 Å². The Morgan fingerprint density at radius 3 is 2.05 bits per heavy atom. The van der Waals surface area contributed by atoms with Gasteiger partial charge in [-0.25, -0.2) is 0 Å². The third-order valence-electron chi connectivity index (χ3n) is 5.07. The van der Waals surface area contributed by atoms with Gasteiger partial charge >= 0.3 is 0 Å². The fraction of sp³-hybridized carbons (Fsp3) is 0.600. The van der Waals surface area contributed by atoms with Crippen molar-refractivity contribution >= 4 is 21.6 Å². The predicted molar refractivity (Wildman–Crippen MR) is 80.6 cm³/mol. The lowest BCUT2D eigenvalue weighted by molar-refractivity contribution is -0.384. The fourth-order valence-corrected chi connectivity index (χ4v) is 4.94. The van der Waals surface area contributed by atoms with Gasteiger partial charge in [-0.15, -0.1) is 0 Å². The average molecular weight is 326 g/mol. The molecule has 1 aliphatic carbocycles. The second-order valence-electron chi connectivity index (χ2n) is 6.56. The molecule has 0 saturated heterocycles. The summed E-state index contributed by atoms with van der Waals surface area (Å²) >= 11 is 3.81. The maximum absolute atomic E-state index is 10.6. The minimum atomic E-state index is -0.359. The average Bonchev–Trinajstić information content (AvgIpc) is 2.69. The standard InChI is InChI=1S/C15H20BrNO2/c1-14(2)13(15(14,3)4)12(16)9-10-5-7-11(8-6-10)17(18)19/h5-8,12-13H,9H2,1-4H3. The van der Waals surface area contributed by atoms with Crippen molar-refractivity contribution in [2.75, 3.05) is 0 Å². The van der Waals surface area contributed by atoms with Crippen LogP contribution in [0.15, 0.2) is 24.3 Å². The Morgan fingerprint density at radius 1 is 1.21 bits per heavy atom. The Balaban J connectivity index is 2.04. The van der Waals surface area contributed by atoms with Crippen molar-refractivity contribution in [3.8, 4) is 0 Å². The lowest BCUT2D eigenvalue weighted by Crippen LogP contribution is -2.10. The molecular weight excluding hydrogens is 306 g/mol. The first kappa shape index (κ1) is 14.5. The van der Waals surface area contributed by atoms with E-state index in [1.807, 2.05) is 12.1 Å². The second kappa shape index (κ2) is 4.58. The highest BCUT2D eigenvalue weighted by Crippen LogP contribution is 2.71. The molecule has 0 aromatic heterocycles. The molecule has 1 aromatic carbocycles. The molecule has 0 aliphatic heterocycles. The number of rotatable bonds is 4. The molecule has 1 aromatic rings. The van der Waals surface area contributed by atoms with Crippen LogP contribution in [0.3, 0.4) is 0 Å². The number of alkyl halides is 1. The molecular formula is C15H20BrNO2. The minimum absolute atomic E-state index is 0.155. The van der Waals surface area contributed by atoms with Crippen molar-refractivity contribution in [2.45, 2.75) is 38.9 Å². The van der Waals surface area contributed by atoms with Crippen LogP contribution >= 0.6 is 15.9 Å². The summed E-state index contributed by atoms with van der Waals surface area (Å²) in [5, 5.41) is 10.6. The molecule has 1 atom stereocenters. The van der Waals surface area contributed by atoms with Gasteiger partial charge in [-0.1, -0.05) is 55.8 Å². The van der Waals surface area contributed by atoms with Gasteiger partial charge in [0, 0.05) is 17.0 Å². The van der Waals surface area contributed by atoms with Crippen molar-refractivity contribution in [2.24, 2.45) is 16.7 Å². The molecule has 19 heavy (non-hydrogen) atoms. The molecule has 0 N–H and O–H groups in total. The maximum atomic E-state index is 10.6. The molecule has 1 saturated carbocycles. The Kier molecular flexibility index (Phi) is 3.50. The van der Waals surface area contributed by atoms with Gasteiger partial charge in [0.15, 0.2) is 0 Å². The molecule has 0 heterocycles. The minimum Gasteiger partial charge on any atom is -0.258 e. The van der Waals surface area contributed by atoms with Crippen LogP contribution < -0.4 is 0 Å². The maximum Gasteiger partial charge on any atom is 0.269 e. The first-order valence-corrected chi connectivity index (χ1v) is 7.47. The molecule has 0 radical (unpaired) electrons. The SMILES string of the molecule is CC1(C)C(C(Br)Cc2ccc([N+](=O)[O-])cc2)C1(C)C. The van der Waals surface area contributed by atoms with E-state index >= 15 is 0 Å². The first-order chi connectivity index (χ1) is 8.68. The van der Waals surface area contributed by atoms with Crippen LogP contribution in [0.4, 0.5) is 5.69 Å². The van der Waals surface area contributed by atoms with Crippen molar-refractivity contribution in [1.82, 2.24) is 0 Å². The number of hydrogen-bond acceptors (Lipinski definition) is 2. The largest absolute Gasteiger partial charge is 0.269 e. The van der Waals surface area contributed by atoms with E-state index in [1.165, 1.54) is 0 Å². The van der Waals surface area contributed by atoms with Gasteiger partial charge in [0.05, 0.1) is 4.92 Å². The van der Waals surface area contributed by atoms with Gasteiger partial charge in [-0.05, 0) is 28.7 Å². The van der Waals surface area contributed by atoms with Crippen LogP contribution in [-0.2, 0) is 6.42 Å². The summed E-state index contributed by atoms with van der Waals surface area (Å²) in [5.41, 5.74) is 2.00. The van der Waals surface area contributed by atoms with E-state index in [9.17, 15) is 10.1 Å². The van der Waals surface area contributed by atoms with Crippen molar-refractivity contribution in [3.05, 3.63) is 39.9 Å². The number of nitro groups is 1. The molecule has 3 nitrogen and oxygen atoms in total. The van der Waals surface area contributed by atoms with E-state index in [0.717, 1.165) is 12.0 Å². The molecule has 0 bridgehead atoms. The van der Waals surface area contributed by atoms with Crippen LogP contribution in [0.1, 0.15) is 33.3 Å². The highest BCUT2D eigenvalue weighted by atomic mass is 79.9. The molecule has 0 spiro atoms. The van der Waals surface area contributed by atoms with Gasteiger partial charge in [-0.2, -0.15) is 0 Å². The summed E-state index contributed by atoms with van der Waals surface area (Å²) in [5.74, 6) is 0.634. The van der Waals surface area contributed by atoms with Crippen LogP contribution in [0.25, 0.3) is 0 Å². The zero-order chi connectivity index (χ0) is 14.4. The van der Waals surface area contributed by atoms with Gasteiger partial charge in [0.25, 0.3) is 5.69 Å². The normalized spacial score (nSPS) is 21.9. The molecule has 4 heteroatoms. The number of nitro benzene ring substituents is 1. The molecule has 1 aliphatic rings. The molecule has 0 amide bonds. The highest BCUT2D eigenvalue weighted by Gasteiger charge is 2.66. The summed E-state index contributed by atoms with van der Waals surface area (Å²) in [6, 6.07) is 6.88. The van der Waals surface area contributed by atoms with Crippen LogP contribution in [0.5, 0.6) is 0 Å². The van der Waals surface area contributed by atoms with E-state index < -0.39 is 0 Å². The predicted octanol–water partition coefficient (Wildman–Crippen LogP) is 4.58. The van der Waals surface area contributed by atoms with Gasteiger partial charge in [0.2, 0.25) is 0 Å². The molecule has 2 rings (SSSR count). The van der Waals surface area contributed by atoms with E-state index in [1.54, 1.807) is 12.1 Å². The number of nitrogens with zero attached hydrogens (tertiary/aromatic N) is 1. The van der Waals surface area contributed by atoms with E-state index in [2.05, 4.69) is 43.6 Å². The second-order valence-corrected chi connectivity index (χ2v) is 7.74. The van der Waals surface area contributed by atoms with Gasteiger partial charge in [0.1, 0.15) is 0 Å². The highest BCUT2D eigenvalue weighted by molar-refractivity contribution is 9.09.